The van der Waals surface area contributed by atoms with E-state index in [-0.39, 0.29) is 5.69 Å². The SMILES string of the molecule is Cc1ccc(C(F)(F)F)cc1-c1cnc2c(c1)CN(c1nc3nn(C)c(=O)n3c(C)c1C)CC2. The first-order chi connectivity index (χ1) is 16.0. The fourth-order valence-electron chi connectivity index (χ4n) is 4.50. The number of aromatic nitrogens is 5. The van der Waals surface area contributed by atoms with E-state index in [4.69, 9.17) is 0 Å². The first kappa shape index (κ1) is 22.1. The standard InChI is InChI=1S/C24H23F3N6O/c1-13-5-6-18(24(25,26)27)10-19(13)16-9-17-12-32(8-7-20(17)28-11-16)21-14(2)15(3)33-22(29-21)30-31(4)23(33)34/h5-6,9-11H,7-8,12H2,1-4H3. The Labute approximate surface area is 193 Å². The van der Waals surface area contributed by atoms with Crippen LogP contribution in [-0.4, -0.2) is 30.7 Å². The highest BCUT2D eigenvalue weighted by molar-refractivity contribution is 5.69. The van der Waals surface area contributed by atoms with Crippen LogP contribution in [-0.2, 0) is 26.2 Å². The second-order valence-electron chi connectivity index (χ2n) is 8.72. The molecule has 4 heterocycles. The van der Waals surface area contributed by atoms with Crippen molar-refractivity contribution in [2.24, 2.45) is 7.05 Å². The Morgan fingerprint density at radius 1 is 1.09 bits per heavy atom. The second-order valence-corrected chi connectivity index (χ2v) is 8.72. The maximum absolute atomic E-state index is 13.3. The molecule has 0 atom stereocenters. The molecule has 0 fully saturated rings. The van der Waals surface area contributed by atoms with Gasteiger partial charge in [0.15, 0.2) is 0 Å². The summed E-state index contributed by atoms with van der Waals surface area (Å²) in [5, 5.41) is 4.23. The fraction of sp³-hybridized carbons (Fsp3) is 0.333. The molecule has 0 spiro atoms. The fourth-order valence-corrected chi connectivity index (χ4v) is 4.50. The number of fused-ring (bicyclic) bond motifs is 2. The van der Waals surface area contributed by atoms with Crippen molar-refractivity contribution in [3.05, 3.63) is 74.6 Å². The number of benzene rings is 1. The normalized spacial score (nSPS) is 14.0. The van der Waals surface area contributed by atoms with Gasteiger partial charge in [-0.05, 0) is 55.7 Å². The second kappa shape index (κ2) is 7.68. The molecule has 0 saturated heterocycles. The van der Waals surface area contributed by atoms with Gasteiger partial charge >= 0.3 is 11.9 Å². The van der Waals surface area contributed by atoms with Crippen LogP contribution in [0.15, 0.2) is 35.3 Å². The summed E-state index contributed by atoms with van der Waals surface area (Å²) < 4.78 is 42.6. The third-order valence-electron chi connectivity index (χ3n) is 6.54. The van der Waals surface area contributed by atoms with Crippen LogP contribution in [0.4, 0.5) is 19.0 Å². The molecule has 1 aromatic carbocycles. The topological polar surface area (TPSA) is 68.3 Å². The Balaban J connectivity index is 1.54. The van der Waals surface area contributed by atoms with E-state index in [9.17, 15) is 18.0 Å². The van der Waals surface area contributed by atoms with Crippen molar-refractivity contribution < 1.29 is 13.2 Å². The van der Waals surface area contributed by atoms with Crippen LogP contribution in [0.25, 0.3) is 16.9 Å². The van der Waals surface area contributed by atoms with Gasteiger partial charge in [0.1, 0.15) is 5.82 Å². The third kappa shape index (κ3) is 3.53. The predicted octanol–water partition coefficient (Wildman–Crippen LogP) is 4.00. The van der Waals surface area contributed by atoms with Crippen molar-refractivity contribution in [1.29, 1.82) is 0 Å². The summed E-state index contributed by atoms with van der Waals surface area (Å²) in [6, 6.07) is 5.69. The van der Waals surface area contributed by atoms with Gasteiger partial charge in [-0.25, -0.2) is 13.9 Å². The zero-order chi connectivity index (χ0) is 24.4. The largest absolute Gasteiger partial charge is 0.416 e. The van der Waals surface area contributed by atoms with Crippen LogP contribution in [0, 0.1) is 20.8 Å². The highest BCUT2D eigenvalue weighted by atomic mass is 19.4. The van der Waals surface area contributed by atoms with Gasteiger partial charge in [0, 0.05) is 55.3 Å². The number of hydrogen-bond acceptors (Lipinski definition) is 5. The summed E-state index contributed by atoms with van der Waals surface area (Å²) in [7, 11) is 1.59. The van der Waals surface area contributed by atoms with Gasteiger partial charge in [0.25, 0.3) is 5.78 Å². The number of halogens is 3. The number of anilines is 1. The zero-order valence-corrected chi connectivity index (χ0v) is 19.2. The molecule has 0 radical (unpaired) electrons. The molecule has 1 aliphatic rings. The highest BCUT2D eigenvalue weighted by Crippen LogP contribution is 2.35. The molecule has 7 nitrogen and oxygen atoms in total. The molecule has 34 heavy (non-hydrogen) atoms. The monoisotopic (exact) mass is 468 g/mol. The molecule has 1 aliphatic heterocycles. The minimum absolute atomic E-state index is 0.246. The molecule has 0 bridgehead atoms. The molecule has 0 aliphatic carbocycles. The minimum atomic E-state index is -4.41. The quantitative estimate of drug-likeness (QED) is 0.445. The van der Waals surface area contributed by atoms with Crippen LogP contribution in [0.3, 0.4) is 0 Å². The molecule has 0 amide bonds. The van der Waals surface area contributed by atoms with Crippen molar-refractivity contribution in [2.45, 2.75) is 39.9 Å². The molecule has 4 aromatic rings. The third-order valence-corrected chi connectivity index (χ3v) is 6.54. The van der Waals surface area contributed by atoms with Crippen molar-refractivity contribution in [2.75, 3.05) is 11.4 Å². The lowest BCUT2D eigenvalue weighted by atomic mass is 9.96. The molecule has 0 saturated carbocycles. The van der Waals surface area contributed by atoms with Gasteiger partial charge in [0.05, 0.1) is 5.56 Å². The lowest BCUT2D eigenvalue weighted by Gasteiger charge is -2.31. The Hall–Kier alpha value is -3.69. The maximum atomic E-state index is 13.3. The summed E-state index contributed by atoms with van der Waals surface area (Å²) >= 11 is 0. The zero-order valence-electron chi connectivity index (χ0n) is 19.2. The van der Waals surface area contributed by atoms with E-state index in [0.29, 0.717) is 36.4 Å². The molecule has 176 valence electrons. The van der Waals surface area contributed by atoms with Gasteiger partial charge < -0.3 is 4.90 Å². The van der Waals surface area contributed by atoms with E-state index in [0.717, 1.165) is 40.0 Å². The number of nitrogens with zero attached hydrogens (tertiary/aromatic N) is 6. The number of aryl methyl sites for hydroxylation is 3. The Bertz CT molecular complexity index is 1500. The van der Waals surface area contributed by atoms with Crippen molar-refractivity contribution in [1.82, 2.24) is 24.1 Å². The molecule has 3 aromatic heterocycles. The van der Waals surface area contributed by atoms with Crippen LogP contribution >= 0.6 is 0 Å². The average Bonchev–Trinajstić information content (AvgIpc) is 3.08. The Kier molecular flexibility index (Phi) is 5.00. The predicted molar refractivity (Wildman–Crippen MR) is 122 cm³/mol. The number of alkyl halides is 3. The summed E-state index contributed by atoms with van der Waals surface area (Å²) in [6.45, 7) is 6.77. The summed E-state index contributed by atoms with van der Waals surface area (Å²) in [5.74, 6) is 1.07. The van der Waals surface area contributed by atoms with Gasteiger partial charge in [-0.3, -0.25) is 4.98 Å². The minimum Gasteiger partial charge on any atom is -0.351 e. The van der Waals surface area contributed by atoms with E-state index in [1.807, 2.05) is 19.9 Å². The van der Waals surface area contributed by atoms with Gasteiger partial charge in [-0.2, -0.15) is 18.2 Å². The molecular weight excluding hydrogens is 445 g/mol. The van der Waals surface area contributed by atoms with Crippen LogP contribution in [0.1, 0.15) is 33.6 Å². The van der Waals surface area contributed by atoms with Crippen LogP contribution < -0.4 is 10.6 Å². The van der Waals surface area contributed by atoms with Gasteiger partial charge in [-0.15, -0.1) is 5.10 Å². The van der Waals surface area contributed by atoms with Crippen molar-refractivity contribution >= 4 is 11.6 Å². The summed E-state index contributed by atoms with van der Waals surface area (Å²) in [4.78, 5) is 23.7. The van der Waals surface area contributed by atoms with E-state index in [1.54, 1.807) is 20.2 Å². The van der Waals surface area contributed by atoms with Crippen molar-refractivity contribution in [3.8, 4) is 11.1 Å². The van der Waals surface area contributed by atoms with E-state index >= 15 is 0 Å². The van der Waals surface area contributed by atoms with E-state index < -0.39 is 11.7 Å². The first-order valence-electron chi connectivity index (χ1n) is 10.9. The van der Waals surface area contributed by atoms with Crippen molar-refractivity contribution in [3.63, 3.8) is 0 Å². The summed E-state index contributed by atoms with van der Waals surface area (Å²) in [6.07, 6.45) is -2.08. The average molecular weight is 468 g/mol. The number of rotatable bonds is 2. The van der Waals surface area contributed by atoms with Crippen LogP contribution in [0.2, 0.25) is 0 Å². The Morgan fingerprint density at radius 2 is 1.85 bits per heavy atom. The Morgan fingerprint density at radius 3 is 2.59 bits per heavy atom. The lowest BCUT2D eigenvalue weighted by Crippen LogP contribution is -2.33. The molecular formula is C24H23F3N6O. The molecule has 10 heteroatoms. The number of hydrogen-bond donors (Lipinski definition) is 0. The van der Waals surface area contributed by atoms with Crippen LogP contribution in [0.5, 0.6) is 0 Å². The van der Waals surface area contributed by atoms with E-state index in [2.05, 4.69) is 20.0 Å². The summed E-state index contributed by atoms with van der Waals surface area (Å²) in [5.41, 5.74) is 4.51. The van der Waals surface area contributed by atoms with Gasteiger partial charge in [-0.1, -0.05) is 6.07 Å². The smallest absolute Gasteiger partial charge is 0.351 e. The molecule has 0 unspecified atom stereocenters. The van der Waals surface area contributed by atoms with Gasteiger partial charge in [0.2, 0.25) is 0 Å². The maximum Gasteiger partial charge on any atom is 0.416 e. The lowest BCUT2D eigenvalue weighted by molar-refractivity contribution is -0.137. The first-order valence-corrected chi connectivity index (χ1v) is 10.9. The number of pyridine rings is 1. The van der Waals surface area contributed by atoms with E-state index in [1.165, 1.54) is 21.2 Å². The molecule has 0 N–H and O–H groups in total. The highest BCUT2D eigenvalue weighted by Gasteiger charge is 2.31. The molecule has 5 rings (SSSR count).